The van der Waals surface area contributed by atoms with Crippen molar-refractivity contribution in [3.63, 3.8) is 0 Å². The molecule has 0 unspecified atom stereocenters. The first-order valence-electron chi connectivity index (χ1n) is 12.9. The third-order valence-electron chi connectivity index (χ3n) is 5.53. The Hall–Kier alpha value is -0.520. The first kappa shape index (κ1) is 29.7. The molecular weight excluding hydrogens is 336 g/mol. The molecule has 0 saturated carbocycles. The molecule has 0 nitrogen and oxygen atoms in total. The standard InChI is InChI=1S/C22H42.C6H14/c1-5-6-7-8-9-10-11-12-13-14-15-16-17-18-19-20-22(4)21(2)3;1-3-5-6-4-2/h12-13,21H,4-11,14-20H2,1-3H3;3-6H2,1-2H3/b13-12-;. The molecule has 0 heteroatoms. The maximum absolute atomic E-state index is 4.15. The molecule has 168 valence electrons. The molecule has 0 saturated heterocycles. The van der Waals surface area contributed by atoms with E-state index in [0.29, 0.717) is 5.92 Å². The SMILES string of the molecule is C=C(CCCCCCC/C=C\CCCCCCCC)C(C)C.CCCCCC. The molecule has 0 heterocycles. The van der Waals surface area contributed by atoms with Gasteiger partial charge in [0.15, 0.2) is 0 Å². The van der Waals surface area contributed by atoms with Gasteiger partial charge in [-0.25, -0.2) is 0 Å². The van der Waals surface area contributed by atoms with Gasteiger partial charge in [-0.3, -0.25) is 0 Å². The largest absolute Gasteiger partial charge is 0.0996 e. The van der Waals surface area contributed by atoms with Crippen molar-refractivity contribution in [1.29, 1.82) is 0 Å². The zero-order valence-electron chi connectivity index (χ0n) is 20.7. The molecule has 0 spiro atoms. The second kappa shape index (κ2) is 26.5. The lowest BCUT2D eigenvalue weighted by molar-refractivity contribution is 0.596. The summed E-state index contributed by atoms with van der Waals surface area (Å²) in [6.07, 6.45) is 29.5. The van der Waals surface area contributed by atoms with Crippen molar-refractivity contribution < 1.29 is 0 Å². The lowest BCUT2D eigenvalue weighted by atomic mass is 9.98. The van der Waals surface area contributed by atoms with Crippen LogP contribution in [0.25, 0.3) is 0 Å². The van der Waals surface area contributed by atoms with Crippen LogP contribution in [0.4, 0.5) is 0 Å². The molecule has 0 aromatic heterocycles. The summed E-state index contributed by atoms with van der Waals surface area (Å²) in [6, 6.07) is 0. The molecule has 0 aliphatic heterocycles. The number of allylic oxidation sites excluding steroid dienone is 3. The minimum atomic E-state index is 0.664. The quantitative estimate of drug-likeness (QED) is 0.151. The highest BCUT2D eigenvalue weighted by Crippen LogP contribution is 2.16. The first-order valence-corrected chi connectivity index (χ1v) is 12.9. The predicted octanol–water partition coefficient (Wildman–Crippen LogP) is 10.8. The molecule has 0 aromatic carbocycles. The van der Waals surface area contributed by atoms with Gasteiger partial charge in [0.1, 0.15) is 0 Å². The van der Waals surface area contributed by atoms with Crippen LogP contribution in [-0.4, -0.2) is 0 Å². The molecule has 0 aromatic rings. The summed E-state index contributed by atoms with van der Waals surface area (Å²) in [6.45, 7) is 15.4. The van der Waals surface area contributed by atoms with E-state index in [1.165, 1.54) is 121 Å². The van der Waals surface area contributed by atoms with Crippen LogP contribution in [0.5, 0.6) is 0 Å². The van der Waals surface area contributed by atoms with E-state index >= 15 is 0 Å². The normalized spacial score (nSPS) is 11.1. The molecule has 28 heavy (non-hydrogen) atoms. The molecule has 0 amide bonds. The minimum absolute atomic E-state index is 0.664. The Balaban J connectivity index is 0. The number of hydrogen-bond acceptors (Lipinski definition) is 0. The third-order valence-corrected chi connectivity index (χ3v) is 5.53. The number of unbranched alkanes of at least 4 members (excludes halogenated alkanes) is 14. The van der Waals surface area contributed by atoms with Crippen LogP contribution in [-0.2, 0) is 0 Å². The van der Waals surface area contributed by atoms with E-state index in [4.69, 9.17) is 0 Å². The van der Waals surface area contributed by atoms with E-state index in [1.54, 1.807) is 0 Å². The molecule has 0 rings (SSSR count). The van der Waals surface area contributed by atoms with Gasteiger partial charge in [-0.2, -0.15) is 0 Å². The summed E-state index contributed by atoms with van der Waals surface area (Å²) < 4.78 is 0. The van der Waals surface area contributed by atoms with Crippen molar-refractivity contribution in [2.45, 2.75) is 150 Å². The van der Waals surface area contributed by atoms with Crippen molar-refractivity contribution in [3.8, 4) is 0 Å². The smallest absolute Gasteiger partial charge is 0.0263 e. The lowest BCUT2D eigenvalue weighted by Gasteiger charge is -2.08. The van der Waals surface area contributed by atoms with E-state index in [-0.39, 0.29) is 0 Å². The Labute approximate surface area is 180 Å². The second-order valence-electron chi connectivity index (χ2n) is 8.85. The fourth-order valence-corrected chi connectivity index (χ4v) is 3.21. The maximum atomic E-state index is 4.15. The molecule has 0 radical (unpaired) electrons. The highest BCUT2D eigenvalue weighted by molar-refractivity contribution is 4.96. The van der Waals surface area contributed by atoms with Crippen LogP contribution >= 0.6 is 0 Å². The van der Waals surface area contributed by atoms with E-state index in [2.05, 4.69) is 53.3 Å². The minimum Gasteiger partial charge on any atom is -0.0996 e. The zero-order chi connectivity index (χ0) is 21.3. The molecule has 0 bridgehead atoms. The highest BCUT2D eigenvalue weighted by Gasteiger charge is 1.99. The van der Waals surface area contributed by atoms with Crippen molar-refractivity contribution in [1.82, 2.24) is 0 Å². The summed E-state index contributed by atoms with van der Waals surface area (Å²) in [5, 5.41) is 0. The Morgan fingerprint density at radius 3 is 1.36 bits per heavy atom. The van der Waals surface area contributed by atoms with Gasteiger partial charge in [0.25, 0.3) is 0 Å². The number of hydrogen-bond donors (Lipinski definition) is 0. The second-order valence-corrected chi connectivity index (χ2v) is 8.85. The molecule has 0 aliphatic carbocycles. The van der Waals surface area contributed by atoms with Crippen molar-refractivity contribution >= 4 is 0 Å². The zero-order valence-corrected chi connectivity index (χ0v) is 20.7. The van der Waals surface area contributed by atoms with Gasteiger partial charge in [0.05, 0.1) is 0 Å². The molecule has 0 atom stereocenters. The monoisotopic (exact) mass is 392 g/mol. The van der Waals surface area contributed by atoms with Gasteiger partial charge in [-0.05, 0) is 44.4 Å². The highest BCUT2D eigenvalue weighted by atomic mass is 14.1. The third kappa shape index (κ3) is 27.7. The summed E-state index contributed by atoms with van der Waals surface area (Å²) in [5.41, 5.74) is 1.43. The average Bonchev–Trinajstić information content (AvgIpc) is 2.69. The summed E-state index contributed by atoms with van der Waals surface area (Å²) in [5.74, 6) is 0.664. The maximum Gasteiger partial charge on any atom is -0.0263 e. The van der Waals surface area contributed by atoms with Gasteiger partial charge in [0, 0.05) is 0 Å². The van der Waals surface area contributed by atoms with Crippen molar-refractivity contribution in [2.24, 2.45) is 5.92 Å². The van der Waals surface area contributed by atoms with E-state index < -0.39 is 0 Å². The Morgan fingerprint density at radius 2 is 0.929 bits per heavy atom. The Morgan fingerprint density at radius 1 is 0.571 bits per heavy atom. The van der Waals surface area contributed by atoms with Gasteiger partial charge in [-0.15, -0.1) is 0 Å². The number of rotatable bonds is 19. The predicted molar refractivity (Wildman–Crippen MR) is 133 cm³/mol. The molecule has 0 N–H and O–H groups in total. The summed E-state index contributed by atoms with van der Waals surface area (Å²) >= 11 is 0. The molecular formula is C28H56. The van der Waals surface area contributed by atoms with Crippen LogP contribution in [0.15, 0.2) is 24.3 Å². The summed E-state index contributed by atoms with van der Waals surface area (Å²) in [7, 11) is 0. The average molecular weight is 393 g/mol. The Bertz CT molecular complexity index is 306. The van der Waals surface area contributed by atoms with Crippen molar-refractivity contribution in [2.75, 3.05) is 0 Å². The van der Waals surface area contributed by atoms with Crippen LogP contribution < -0.4 is 0 Å². The van der Waals surface area contributed by atoms with E-state index in [0.717, 1.165) is 0 Å². The van der Waals surface area contributed by atoms with Gasteiger partial charge < -0.3 is 0 Å². The summed E-state index contributed by atoms with van der Waals surface area (Å²) in [4.78, 5) is 0. The van der Waals surface area contributed by atoms with Crippen LogP contribution in [0.3, 0.4) is 0 Å². The topological polar surface area (TPSA) is 0 Å². The molecule has 0 aliphatic rings. The fraction of sp³-hybridized carbons (Fsp3) is 0.857. The molecule has 0 fully saturated rings. The first-order chi connectivity index (χ1) is 13.6. The Kier molecular flexibility index (Phi) is 28.1. The van der Waals surface area contributed by atoms with Gasteiger partial charge >= 0.3 is 0 Å². The van der Waals surface area contributed by atoms with Crippen molar-refractivity contribution in [3.05, 3.63) is 24.3 Å². The van der Waals surface area contributed by atoms with E-state index in [9.17, 15) is 0 Å². The van der Waals surface area contributed by atoms with Crippen LogP contribution in [0.1, 0.15) is 150 Å². The van der Waals surface area contributed by atoms with E-state index in [1.807, 2.05) is 0 Å². The fourth-order valence-electron chi connectivity index (χ4n) is 3.21. The van der Waals surface area contributed by atoms with Gasteiger partial charge in [-0.1, -0.05) is 136 Å². The lowest BCUT2D eigenvalue weighted by Crippen LogP contribution is -1.92. The van der Waals surface area contributed by atoms with Crippen LogP contribution in [0, 0.1) is 5.92 Å². The van der Waals surface area contributed by atoms with Gasteiger partial charge in [0.2, 0.25) is 0 Å². The van der Waals surface area contributed by atoms with Crippen LogP contribution in [0.2, 0.25) is 0 Å².